The van der Waals surface area contributed by atoms with E-state index in [1.807, 2.05) is 104 Å². The van der Waals surface area contributed by atoms with Crippen molar-refractivity contribution in [1.29, 1.82) is 0 Å². The molecule has 0 saturated heterocycles. The van der Waals surface area contributed by atoms with Gasteiger partial charge in [-0.3, -0.25) is 0 Å². The minimum atomic E-state index is -4.33. The lowest BCUT2D eigenvalue weighted by Gasteiger charge is -2.04. The summed E-state index contributed by atoms with van der Waals surface area (Å²) in [6, 6.07) is 32.4. The van der Waals surface area contributed by atoms with E-state index in [4.69, 9.17) is 40.9 Å². The third kappa shape index (κ3) is 28.3. The minimum absolute atomic E-state index is 0.0893. The minimum Gasteiger partial charge on any atom is -0.508 e. The summed E-state index contributed by atoms with van der Waals surface area (Å²) in [5, 5.41) is 87.9. The van der Waals surface area contributed by atoms with Crippen LogP contribution < -0.4 is 0 Å². The molecular weight excluding hydrogens is 2060 g/mol. The van der Waals surface area contributed by atoms with Crippen LogP contribution in [-0.4, -0.2) is 51.1 Å². The van der Waals surface area contributed by atoms with Gasteiger partial charge in [0.2, 0.25) is 23.3 Å². The van der Waals surface area contributed by atoms with Crippen LogP contribution in [0.15, 0.2) is 133 Å². The summed E-state index contributed by atoms with van der Waals surface area (Å²) in [6.45, 7) is 0. The topological polar surface area (TPSA) is 202 Å². The quantitative estimate of drug-likeness (QED) is 0.0301. The van der Waals surface area contributed by atoms with Crippen molar-refractivity contribution in [2.75, 3.05) is 0 Å². The Bertz CT molecular complexity index is 2810. The van der Waals surface area contributed by atoms with Gasteiger partial charge in [-0.2, -0.15) is 30.7 Å². The van der Waals surface area contributed by atoms with Gasteiger partial charge < -0.3 is 51.1 Å². The molecule has 0 atom stereocenters. The van der Waals surface area contributed by atoms with Gasteiger partial charge >= 0.3 is 6.18 Å². The molecule has 0 heterocycles. The Hall–Kier alpha value is -2.30. The molecule has 0 aromatic heterocycles. The summed E-state index contributed by atoms with van der Waals surface area (Å²) in [7, 11) is 0. The molecule has 414 valence electrons. The highest BCUT2D eigenvalue weighted by atomic mass is 127. The molecule has 0 aliphatic rings. The molecule has 0 radical (unpaired) electrons. The second kappa shape index (κ2) is 36.2. The fraction of sp³-hybridized carbons (Fsp3) is 0.0204. The molecule has 0 bridgehead atoms. The molecule has 28 heteroatoms. The molecule has 0 unspecified atom stereocenters. The lowest BCUT2D eigenvalue weighted by atomic mass is 10.2. The zero-order valence-corrected chi connectivity index (χ0v) is 56.9. The van der Waals surface area contributed by atoms with Crippen molar-refractivity contribution in [1.82, 2.24) is 0 Å². The predicted octanol–water partition coefficient (Wildman–Crippen LogP) is 17.8. The first-order valence-electron chi connectivity index (χ1n) is 19.6. The molecule has 0 spiro atoms. The number of phenols is 10. The van der Waals surface area contributed by atoms with Crippen molar-refractivity contribution in [2.24, 2.45) is 0 Å². The number of aromatic hydroxyl groups is 10. The molecule has 77 heavy (non-hydrogen) atoms. The van der Waals surface area contributed by atoms with Gasteiger partial charge in [0, 0.05) is 14.3 Å². The molecule has 0 amide bonds. The van der Waals surface area contributed by atoms with E-state index in [0.717, 1.165) is 49.3 Å². The van der Waals surface area contributed by atoms with E-state index in [-0.39, 0.29) is 34.6 Å². The van der Waals surface area contributed by atoms with E-state index in [1.54, 1.807) is 24.3 Å². The van der Waals surface area contributed by atoms with Gasteiger partial charge in [0.15, 0.2) is 23.1 Å². The van der Waals surface area contributed by atoms with Gasteiger partial charge in [0.1, 0.15) is 46.1 Å². The molecule has 8 aromatic carbocycles. The van der Waals surface area contributed by atoms with Crippen molar-refractivity contribution in [3.63, 3.8) is 0 Å². The average molecular weight is 2090 g/mol. The van der Waals surface area contributed by atoms with Crippen LogP contribution in [0.4, 0.5) is 39.5 Å². The van der Waals surface area contributed by atoms with Crippen molar-refractivity contribution >= 4 is 203 Å². The van der Waals surface area contributed by atoms with Crippen molar-refractivity contribution in [3.8, 4) is 57.5 Å². The highest BCUT2D eigenvalue weighted by molar-refractivity contribution is 14.1. The van der Waals surface area contributed by atoms with Gasteiger partial charge in [-0.15, -0.1) is 0 Å². The zero-order chi connectivity index (χ0) is 59.1. The summed E-state index contributed by atoms with van der Waals surface area (Å²) in [5.74, 6) is -11.4. The lowest BCUT2D eigenvalue weighted by molar-refractivity contribution is -0.137. The average Bonchev–Trinajstić information content (AvgIpc) is 3.36. The standard InChI is InChI=1S/C7H5F3O.C6H2F4O2.C6H4FIO.C6H5FO.C6H3I3O.C6H4I2O2.C6H4I2O.C6H5IO/c8-7(9,10)5-1-3-6(11)4-2-5;7-1-2(8)6(12)4(10)3(9)5(1)11;7-5-3-4(8)1-2-6(5)9;7-5-1-3-6(8)4-2-5;7-3-1-4(8)6(10)5(9)2-3;7-4-1-3(9)2-5(8)6(4)10;7-4-1-2-6(9)5(8)3-4;7-5-1-3-6(8)4-2-5/h1-4,11H;11-12H;1-3,9H;1-4,8H;1-2,10H;1-2,9-10H;1-3,9H;1-4,8H. The van der Waals surface area contributed by atoms with Crippen LogP contribution in [0.5, 0.6) is 57.5 Å². The molecule has 0 saturated carbocycles. The van der Waals surface area contributed by atoms with Gasteiger partial charge in [-0.1, -0.05) is 0 Å². The molecule has 0 fully saturated rings. The van der Waals surface area contributed by atoms with E-state index in [9.17, 15) is 49.7 Å². The number of alkyl halides is 3. The van der Waals surface area contributed by atoms with E-state index in [0.29, 0.717) is 24.4 Å². The summed E-state index contributed by atoms with van der Waals surface area (Å²) < 4.78 is 117. The van der Waals surface area contributed by atoms with Crippen LogP contribution >= 0.6 is 203 Å². The largest absolute Gasteiger partial charge is 0.508 e. The van der Waals surface area contributed by atoms with Crippen LogP contribution in [0.25, 0.3) is 0 Å². The highest BCUT2D eigenvalue weighted by Crippen LogP contribution is 2.34. The Morgan fingerprint density at radius 1 is 0.286 bits per heavy atom. The molecule has 0 aliphatic heterocycles. The summed E-state index contributed by atoms with van der Waals surface area (Å²) in [5.41, 5.74) is -0.754. The smallest absolute Gasteiger partial charge is 0.416 e. The van der Waals surface area contributed by atoms with E-state index < -0.39 is 52.3 Å². The number of hydrogen-bond donors (Lipinski definition) is 10. The first-order valence-corrected chi connectivity index (χ1v) is 29.3. The van der Waals surface area contributed by atoms with Crippen molar-refractivity contribution in [2.45, 2.75) is 6.18 Å². The van der Waals surface area contributed by atoms with Crippen molar-refractivity contribution < 1.29 is 90.6 Å². The Labute approximate surface area is 555 Å². The molecular formula is C49H32F9I9O10. The highest BCUT2D eigenvalue weighted by Gasteiger charge is 2.30. The second-order valence-corrected chi connectivity index (χ2v) is 24.4. The van der Waals surface area contributed by atoms with Gasteiger partial charge in [0.05, 0.1) is 23.4 Å². The Morgan fingerprint density at radius 2 is 0.597 bits per heavy atom. The maximum absolute atomic E-state index is 12.3. The van der Waals surface area contributed by atoms with Gasteiger partial charge in [-0.05, 0) is 337 Å². The molecule has 0 aliphatic carbocycles. The third-order valence-electron chi connectivity index (χ3n) is 7.87. The fourth-order valence-electron chi connectivity index (χ4n) is 4.19. The first kappa shape index (κ1) is 72.7. The van der Waals surface area contributed by atoms with Crippen molar-refractivity contribution in [3.05, 3.63) is 206 Å². The number of phenolic OH excluding ortho intramolecular Hbond substituents is 10. The van der Waals surface area contributed by atoms with Crippen LogP contribution in [0.3, 0.4) is 0 Å². The molecule has 8 rings (SSSR count). The predicted molar refractivity (Wildman–Crippen MR) is 347 cm³/mol. The number of halogens is 18. The van der Waals surface area contributed by atoms with Gasteiger partial charge in [-0.25, -0.2) is 8.78 Å². The normalized spacial score (nSPS) is 9.95. The number of rotatable bonds is 0. The third-order valence-corrected chi connectivity index (χ3v) is 14.7. The van der Waals surface area contributed by atoms with Crippen LogP contribution in [0.2, 0.25) is 0 Å². The van der Waals surface area contributed by atoms with E-state index in [2.05, 4.69) is 136 Å². The molecule has 10 nitrogen and oxygen atoms in total. The monoisotopic (exact) mass is 2090 g/mol. The van der Waals surface area contributed by atoms with Crippen LogP contribution in [0.1, 0.15) is 5.56 Å². The Balaban J connectivity index is 0.000000441. The zero-order valence-electron chi connectivity index (χ0n) is 37.5. The maximum Gasteiger partial charge on any atom is 0.416 e. The summed E-state index contributed by atoms with van der Waals surface area (Å²) >= 11 is 18.8. The molecule has 10 N–H and O–H groups in total. The first-order chi connectivity index (χ1) is 35.7. The Morgan fingerprint density at radius 3 is 0.909 bits per heavy atom. The van der Waals surface area contributed by atoms with Gasteiger partial charge in [0.25, 0.3) is 0 Å². The van der Waals surface area contributed by atoms with E-state index in [1.165, 1.54) is 48.5 Å². The van der Waals surface area contributed by atoms with Crippen LogP contribution in [-0.2, 0) is 6.18 Å². The number of hydrogen-bond acceptors (Lipinski definition) is 10. The number of benzene rings is 8. The lowest BCUT2D eigenvalue weighted by Crippen LogP contribution is -2.03. The maximum atomic E-state index is 12.3. The van der Waals surface area contributed by atoms with E-state index >= 15 is 0 Å². The fourth-order valence-corrected chi connectivity index (χ4v) is 11.9. The summed E-state index contributed by atoms with van der Waals surface area (Å²) in [4.78, 5) is 0. The SMILES string of the molecule is Oc1c(F)c(F)c(O)c(F)c1F.Oc1c(I)cc(I)cc1I.Oc1cc(I)c(O)c(I)c1.Oc1ccc(C(F)(F)F)cc1.Oc1ccc(F)cc1.Oc1ccc(I)cc1.Oc1ccc(I)cc1F.Oc1ccc(I)cc1I. The Kier molecular flexibility index (Phi) is 34.2. The molecule has 8 aromatic rings. The second-order valence-electron chi connectivity index (χ2n) is 13.6. The summed E-state index contributed by atoms with van der Waals surface area (Å²) in [6.07, 6.45) is -4.33. The van der Waals surface area contributed by atoms with Crippen LogP contribution in [0, 0.1) is 67.0 Å².